The Labute approximate surface area is 163 Å². The Balaban J connectivity index is 0.00000338. The van der Waals surface area contributed by atoms with Crippen molar-refractivity contribution in [2.75, 3.05) is 13.2 Å². The molecule has 0 spiro atoms. The molecule has 148 valence electrons. The second-order valence-electron chi connectivity index (χ2n) is 7.27. The first kappa shape index (κ1) is 22.7. The second-order valence-corrected chi connectivity index (χ2v) is 7.27. The summed E-state index contributed by atoms with van der Waals surface area (Å²) in [4.78, 5) is 12.3. The highest BCUT2D eigenvalue weighted by Crippen LogP contribution is 2.22. The van der Waals surface area contributed by atoms with Gasteiger partial charge in [-0.25, -0.2) is 0 Å². The van der Waals surface area contributed by atoms with E-state index < -0.39 is 0 Å². The fraction of sp³-hybridized carbons (Fsp3) is 0.650. The molecule has 1 aliphatic rings. The minimum Gasteiger partial charge on any atom is -0.493 e. The molecule has 1 aromatic carbocycles. The highest BCUT2D eigenvalue weighted by molar-refractivity contribution is 5.85. The molecule has 0 aromatic heterocycles. The standard InChI is InChI=1S/C20H32N2O3.ClH/c1-14(2)5-4-10-24-19-11-15(3)6-7-16(19)13-22-20(23)18-9-8-17(12-21)25-18;/h6-7,11,14,17-18H,4-5,8-10,12-13,21H2,1-3H3,(H,22,23);1H/t17-,18+;/m1./s1. The normalized spacial score (nSPS) is 19.3. The number of halogens is 1. The SMILES string of the molecule is Cc1ccc(CNC(=O)[C@@H]2CC[C@H](CN)O2)c(OCCCC(C)C)c1.Cl. The third-order valence-electron chi connectivity index (χ3n) is 4.52. The zero-order chi connectivity index (χ0) is 18.2. The Bertz CT molecular complexity index is 566. The van der Waals surface area contributed by atoms with Crippen LogP contribution < -0.4 is 15.8 Å². The van der Waals surface area contributed by atoms with Crippen LogP contribution in [0.1, 0.15) is 50.7 Å². The van der Waals surface area contributed by atoms with E-state index in [-0.39, 0.29) is 30.5 Å². The van der Waals surface area contributed by atoms with Crippen LogP contribution in [-0.2, 0) is 16.1 Å². The summed E-state index contributed by atoms with van der Waals surface area (Å²) < 4.78 is 11.6. The summed E-state index contributed by atoms with van der Waals surface area (Å²) in [7, 11) is 0. The molecule has 6 heteroatoms. The van der Waals surface area contributed by atoms with Crippen LogP contribution in [0, 0.1) is 12.8 Å². The number of carbonyl (C=O) groups is 1. The lowest BCUT2D eigenvalue weighted by molar-refractivity contribution is -0.132. The van der Waals surface area contributed by atoms with Gasteiger partial charge in [-0.1, -0.05) is 26.0 Å². The van der Waals surface area contributed by atoms with Gasteiger partial charge >= 0.3 is 0 Å². The van der Waals surface area contributed by atoms with Crippen molar-refractivity contribution in [3.05, 3.63) is 29.3 Å². The van der Waals surface area contributed by atoms with Crippen LogP contribution in [-0.4, -0.2) is 31.3 Å². The van der Waals surface area contributed by atoms with E-state index in [1.807, 2.05) is 25.1 Å². The van der Waals surface area contributed by atoms with E-state index in [9.17, 15) is 4.79 Å². The average molecular weight is 385 g/mol. The van der Waals surface area contributed by atoms with E-state index in [1.165, 1.54) is 0 Å². The van der Waals surface area contributed by atoms with Gasteiger partial charge in [-0.3, -0.25) is 4.79 Å². The van der Waals surface area contributed by atoms with Crippen LogP contribution in [0.15, 0.2) is 18.2 Å². The minimum absolute atomic E-state index is 0. The van der Waals surface area contributed by atoms with Crippen LogP contribution >= 0.6 is 12.4 Å². The molecule has 0 radical (unpaired) electrons. The molecule has 1 heterocycles. The monoisotopic (exact) mass is 384 g/mol. The lowest BCUT2D eigenvalue weighted by Gasteiger charge is -2.16. The maximum absolute atomic E-state index is 12.3. The van der Waals surface area contributed by atoms with Crippen molar-refractivity contribution in [3.8, 4) is 5.75 Å². The first-order valence-corrected chi connectivity index (χ1v) is 9.35. The molecule has 0 aliphatic carbocycles. The number of nitrogens with two attached hydrogens (primary N) is 1. The maximum Gasteiger partial charge on any atom is 0.249 e. The van der Waals surface area contributed by atoms with Gasteiger partial charge in [0.15, 0.2) is 0 Å². The van der Waals surface area contributed by atoms with Crippen LogP contribution in [0.3, 0.4) is 0 Å². The van der Waals surface area contributed by atoms with E-state index in [2.05, 4.69) is 19.2 Å². The number of carbonyl (C=O) groups excluding carboxylic acids is 1. The van der Waals surface area contributed by atoms with E-state index in [4.69, 9.17) is 15.2 Å². The Morgan fingerprint density at radius 3 is 2.81 bits per heavy atom. The molecule has 1 aromatic rings. The van der Waals surface area contributed by atoms with Crippen molar-refractivity contribution in [2.24, 2.45) is 11.7 Å². The zero-order valence-electron chi connectivity index (χ0n) is 16.1. The zero-order valence-corrected chi connectivity index (χ0v) is 16.9. The molecule has 1 aliphatic heterocycles. The topological polar surface area (TPSA) is 73.6 Å². The van der Waals surface area contributed by atoms with E-state index >= 15 is 0 Å². The van der Waals surface area contributed by atoms with Crippen molar-refractivity contribution in [3.63, 3.8) is 0 Å². The van der Waals surface area contributed by atoms with E-state index in [0.717, 1.165) is 42.6 Å². The Kier molecular flexibility index (Phi) is 9.99. The molecule has 0 saturated carbocycles. The van der Waals surface area contributed by atoms with Gasteiger partial charge in [0.1, 0.15) is 11.9 Å². The highest BCUT2D eigenvalue weighted by Gasteiger charge is 2.29. The molecule has 2 rings (SSSR count). The molecule has 2 atom stereocenters. The van der Waals surface area contributed by atoms with Gasteiger partial charge in [-0.05, 0) is 50.2 Å². The fourth-order valence-corrected chi connectivity index (χ4v) is 2.98. The summed E-state index contributed by atoms with van der Waals surface area (Å²) in [6, 6.07) is 6.10. The summed E-state index contributed by atoms with van der Waals surface area (Å²) in [5, 5.41) is 2.97. The van der Waals surface area contributed by atoms with Crippen LogP contribution in [0.2, 0.25) is 0 Å². The van der Waals surface area contributed by atoms with Crippen LogP contribution in [0.4, 0.5) is 0 Å². The molecule has 26 heavy (non-hydrogen) atoms. The van der Waals surface area contributed by atoms with Gasteiger partial charge in [0.2, 0.25) is 5.91 Å². The van der Waals surface area contributed by atoms with Gasteiger partial charge < -0.3 is 20.5 Å². The number of ether oxygens (including phenoxy) is 2. The number of benzene rings is 1. The Morgan fingerprint density at radius 2 is 2.15 bits per heavy atom. The first-order valence-electron chi connectivity index (χ1n) is 9.35. The first-order chi connectivity index (χ1) is 12.0. The maximum atomic E-state index is 12.3. The molecule has 1 fully saturated rings. The van der Waals surface area contributed by atoms with Gasteiger partial charge in [-0.15, -0.1) is 12.4 Å². The van der Waals surface area contributed by atoms with Crippen molar-refractivity contribution < 1.29 is 14.3 Å². The van der Waals surface area contributed by atoms with Gasteiger partial charge in [0, 0.05) is 18.7 Å². The summed E-state index contributed by atoms with van der Waals surface area (Å²) in [5.74, 6) is 1.47. The Morgan fingerprint density at radius 1 is 1.38 bits per heavy atom. The number of nitrogens with one attached hydrogen (secondary N) is 1. The number of hydrogen-bond acceptors (Lipinski definition) is 4. The third-order valence-corrected chi connectivity index (χ3v) is 4.52. The molecule has 1 saturated heterocycles. The number of amides is 1. The minimum atomic E-state index is -0.380. The molecule has 0 bridgehead atoms. The van der Waals surface area contributed by atoms with Crippen molar-refractivity contribution in [1.29, 1.82) is 0 Å². The van der Waals surface area contributed by atoms with E-state index in [1.54, 1.807) is 0 Å². The average Bonchev–Trinajstić information content (AvgIpc) is 3.06. The molecule has 3 N–H and O–H groups in total. The molecule has 1 amide bonds. The van der Waals surface area contributed by atoms with Gasteiger partial charge in [-0.2, -0.15) is 0 Å². The number of aryl methyl sites for hydroxylation is 1. The number of hydrogen-bond donors (Lipinski definition) is 2. The van der Waals surface area contributed by atoms with Crippen LogP contribution in [0.5, 0.6) is 5.75 Å². The van der Waals surface area contributed by atoms with Gasteiger partial charge in [0.05, 0.1) is 12.7 Å². The predicted molar refractivity (Wildman–Crippen MR) is 107 cm³/mol. The van der Waals surface area contributed by atoms with E-state index in [0.29, 0.717) is 25.6 Å². The van der Waals surface area contributed by atoms with Gasteiger partial charge in [0.25, 0.3) is 0 Å². The lowest BCUT2D eigenvalue weighted by atomic mass is 10.1. The summed E-state index contributed by atoms with van der Waals surface area (Å²) in [6.07, 6.45) is 3.40. The number of rotatable bonds is 9. The van der Waals surface area contributed by atoms with Crippen molar-refractivity contribution in [2.45, 2.75) is 65.2 Å². The predicted octanol–water partition coefficient (Wildman–Crippen LogP) is 3.35. The second kappa shape index (κ2) is 11.4. The molecule has 5 nitrogen and oxygen atoms in total. The Hall–Kier alpha value is -1.30. The van der Waals surface area contributed by atoms with Crippen molar-refractivity contribution in [1.82, 2.24) is 5.32 Å². The largest absolute Gasteiger partial charge is 0.493 e. The third kappa shape index (κ3) is 7.14. The summed E-state index contributed by atoms with van der Waals surface area (Å²) in [6.45, 7) is 8.10. The van der Waals surface area contributed by atoms with Crippen molar-refractivity contribution >= 4 is 18.3 Å². The molecular weight excluding hydrogens is 352 g/mol. The highest BCUT2D eigenvalue weighted by atomic mass is 35.5. The van der Waals surface area contributed by atoms with Crippen LogP contribution in [0.25, 0.3) is 0 Å². The fourth-order valence-electron chi connectivity index (χ4n) is 2.98. The lowest BCUT2D eigenvalue weighted by Crippen LogP contribution is -2.35. The molecule has 0 unspecified atom stereocenters. The molecular formula is C20H33ClN2O3. The summed E-state index contributed by atoms with van der Waals surface area (Å²) in [5.41, 5.74) is 7.75. The summed E-state index contributed by atoms with van der Waals surface area (Å²) >= 11 is 0. The smallest absolute Gasteiger partial charge is 0.249 e. The quantitative estimate of drug-likeness (QED) is 0.640.